The van der Waals surface area contributed by atoms with Crippen LogP contribution in [0, 0.1) is 5.82 Å². The Morgan fingerprint density at radius 2 is 1.75 bits per heavy atom. The highest BCUT2D eigenvalue weighted by Crippen LogP contribution is 2.34. The van der Waals surface area contributed by atoms with E-state index in [1.165, 1.54) is 23.9 Å². The predicted molar refractivity (Wildman–Crippen MR) is 118 cm³/mol. The molecule has 1 N–H and O–H groups in total. The molecule has 1 saturated carbocycles. The molecule has 1 heterocycles. The van der Waals surface area contributed by atoms with E-state index in [9.17, 15) is 22.4 Å². The zero-order chi connectivity index (χ0) is 22.7. The molecule has 1 fully saturated rings. The van der Waals surface area contributed by atoms with Crippen molar-refractivity contribution in [1.82, 2.24) is 10.4 Å². The quantitative estimate of drug-likeness (QED) is 0.590. The molecule has 1 amide bonds. The van der Waals surface area contributed by atoms with E-state index >= 15 is 0 Å². The number of aliphatic imine (C=N–C) groups is 1. The summed E-state index contributed by atoms with van der Waals surface area (Å²) in [6, 6.07) is 13.1. The Morgan fingerprint density at radius 1 is 1.03 bits per heavy atom. The van der Waals surface area contributed by atoms with Crippen molar-refractivity contribution in [2.75, 3.05) is 6.54 Å². The summed E-state index contributed by atoms with van der Waals surface area (Å²) in [4.78, 5) is 17.2. The third kappa shape index (κ3) is 5.43. The van der Waals surface area contributed by atoms with E-state index in [1.807, 2.05) is 6.07 Å². The Kier molecular flexibility index (Phi) is 6.74. The van der Waals surface area contributed by atoms with Crippen molar-refractivity contribution < 1.29 is 22.4 Å². The van der Waals surface area contributed by atoms with Gasteiger partial charge in [0, 0.05) is 16.4 Å². The lowest BCUT2D eigenvalue weighted by Crippen LogP contribution is -2.56. The van der Waals surface area contributed by atoms with Crippen LogP contribution in [0.5, 0.6) is 0 Å². The van der Waals surface area contributed by atoms with Crippen molar-refractivity contribution in [3.05, 3.63) is 59.9 Å². The standard InChI is InChI=1S/C23H23F4N3OS/c24-19-12-11-16(13-18(19)15-7-3-1-4-8-15)20-28-21(32-17-9-5-2-6-10-17)22(31)30(29-20)14-23(25,26)27/h1,3-4,7-8,11-13,17,21H,2,5-6,9-10,14H2,(H,28,29). The molecule has 2 aromatic rings. The van der Waals surface area contributed by atoms with Crippen LogP contribution in [0.2, 0.25) is 0 Å². The van der Waals surface area contributed by atoms with Gasteiger partial charge >= 0.3 is 6.18 Å². The maximum atomic E-state index is 14.5. The first-order valence-corrected chi connectivity index (χ1v) is 11.5. The molecule has 32 heavy (non-hydrogen) atoms. The highest BCUT2D eigenvalue weighted by Gasteiger charge is 2.40. The van der Waals surface area contributed by atoms with Crippen molar-refractivity contribution in [3.63, 3.8) is 0 Å². The van der Waals surface area contributed by atoms with Gasteiger partial charge in [0.1, 0.15) is 18.2 Å². The molecule has 0 spiro atoms. The Labute approximate surface area is 188 Å². The summed E-state index contributed by atoms with van der Waals surface area (Å²) in [5, 5.41) is -0.211. The molecule has 1 aliphatic carbocycles. The zero-order valence-corrected chi connectivity index (χ0v) is 18.1. The number of rotatable bonds is 5. The first-order chi connectivity index (χ1) is 15.3. The van der Waals surface area contributed by atoms with Crippen molar-refractivity contribution in [2.45, 2.75) is 48.9 Å². The van der Waals surface area contributed by atoms with E-state index in [4.69, 9.17) is 0 Å². The average molecular weight is 466 g/mol. The third-order valence-electron chi connectivity index (χ3n) is 5.50. The van der Waals surface area contributed by atoms with Gasteiger partial charge in [-0.15, -0.1) is 11.8 Å². The lowest BCUT2D eigenvalue weighted by Gasteiger charge is -2.34. The Morgan fingerprint density at radius 3 is 2.44 bits per heavy atom. The smallest absolute Gasteiger partial charge is 0.279 e. The zero-order valence-electron chi connectivity index (χ0n) is 17.2. The number of carbonyl (C=O) groups excluding carboxylic acids is 1. The highest BCUT2D eigenvalue weighted by atomic mass is 32.2. The largest absolute Gasteiger partial charge is 0.408 e. The number of hydrogen-bond acceptors (Lipinski definition) is 4. The molecular weight excluding hydrogens is 442 g/mol. The lowest BCUT2D eigenvalue weighted by atomic mass is 10.0. The van der Waals surface area contributed by atoms with E-state index in [1.54, 1.807) is 30.3 Å². The lowest BCUT2D eigenvalue weighted by molar-refractivity contribution is -0.165. The van der Waals surface area contributed by atoms with Gasteiger partial charge in [0.05, 0.1) is 0 Å². The molecule has 9 heteroatoms. The number of halogens is 4. The predicted octanol–water partition coefficient (Wildman–Crippen LogP) is 5.54. The van der Waals surface area contributed by atoms with E-state index in [2.05, 4.69) is 10.4 Å². The number of benzene rings is 2. The number of alkyl halides is 3. The maximum Gasteiger partial charge on any atom is 0.408 e. The molecule has 0 aromatic heterocycles. The minimum absolute atomic E-state index is 0.124. The second-order valence-corrected chi connectivity index (χ2v) is 9.32. The first-order valence-electron chi connectivity index (χ1n) is 10.5. The monoisotopic (exact) mass is 465 g/mol. The van der Waals surface area contributed by atoms with Gasteiger partial charge in [-0.05, 0) is 36.6 Å². The fraction of sp³-hybridized carbons (Fsp3) is 0.391. The van der Waals surface area contributed by atoms with Crippen LogP contribution in [0.15, 0.2) is 53.5 Å². The van der Waals surface area contributed by atoms with Crippen molar-refractivity contribution in [2.24, 2.45) is 4.99 Å². The Bertz CT molecular complexity index is 990. The number of amides is 1. The summed E-state index contributed by atoms with van der Waals surface area (Å²) in [5.41, 5.74) is 3.88. The van der Waals surface area contributed by atoms with E-state index in [0.717, 1.165) is 32.1 Å². The Balaban J connectivity index is 1.67. The number of nitrogens with zero attached hydrogens (tertiary/aromatic N) is 2. The van der Waals surface area contributed by atoms with Gasteiger partial charge in [0.2, 0.25) is 0 Å². The fourth-order valence-corrected chi connectivity index (χ4v) is 5.32. The second-order valence-electron chi connectivity index (χ2n) is 7.94. The molecule has 4 rings (SSSR count). The molecule has 0 saturated heterocycles. The van der Waals surface area contributed by atoms with Gasteiger partial charge in [-0.25, -0.2) is 14.4 Å². The van der Waals surface area contributed by atoms with Gasteiger partial charge in [-0.1, -0.05) is 49.6 Å². The summed E-state index contributed by atoms with van der Waals surface area (Å²) in [6.07, 6.45) is 0.477. The molecule has 1 aliphatic heterocycles. The van der Waals surface area contributed by atoms with Crippen LogP contribution in [0.3, 0.4) is 0 Å². The van der Waals surface area contributed by atoms with E-state index < -0.39 is 29.8 Å². The van der Waals surface area contributed by atoms with Gasteiger partial charge in [-0.3, -0.25) is 10.2 Å². The van der Waals surface area contributed by atoms with Crippen LogP contribution in [0.25, 0.3) is 11.1 Å². The molecule has 0 radical (unpaired) electrons. The summed E-state index contributed by atoms with van der Waals surface area (Å²) >= 11 is 1.32. The van der Waals surface area contributed by atoms with Crippen LogP contribution in [0.1, 0.15) is 37.7 Å². The van der Waals surface area contributed by atoms with Gasteiger partial charge in [0.25, 0.3) is 5.91 Å². The Hall–Kier alpha value is -2.55. The summed E-state index contributed by atoms with van der Waals surface area (Å²) in [6.45, 7) is -1.43. The topological polar surface area (TPSA) is 44.7 Å². The molecule has 2 aromatic carbocycles. The summed E-state index contributed by atoms with van der Waals surface area (Å²) in [5.74, 6) is -1.04. The minimum atomic E-state index is -4.57. The van der Waals surface area contributed by atoms with E-state index in [-0.39, 0.29) is 11.1 Å². The van der Waals surface area contributed by atoms with Crippen LogP contribution >= 0.6 is 11.8 Å². The van der Waals surface area contributed by atoms with Gasteiger partial charge < -0.3 is 0 Å². The van der Waals surface area contributed by atoms with Crippen LogP contribution < -0.4 is 5.43 Å². The van der Waals surface area contributed by atoms with E-state index in [0.29, 0.717) is 21.7 Å². The molecule has 1 atom stereocenters. The number of amidine groups is 1. The molecule has 170 valence electrons. The van der Waals surface area contributed by atoms with Crippen molar-refractivity contribution >= 4 is 23.5 Å². The average Bonchev–Trinajstić information content (AvgIpc) is 2.77. The SMILES string of the molecule is O=C1C(SC2CCCCC2)N=C(c2ccc(F)c(-c3ccccc3)c2)NN1CC(F)(F)F. The summed E-state index contributed by atoms with van der Waals surface area (Å²) in [7, 11) is 0. The third-order valence-corrected chi connectivity index (χ3v) is 6.92. The van der Waals surface area contributed by atoms with Crippen LogP contribution in [0.4, 0.5) is 17.6 Å². The number of hydrogen-bond donors (Lipinski definition) is 1. The van der Waals surface area contributed by atoms with Crippen LogP contribution in [-0.4, -0.2) is 40.1 Å². The van der Waals surface area contributed by atoms with Crippen molar-refractivity contribution in [1.29, 1.82) is 0 Å². The second kappa shape index (κ2) is 9.52. The molecule has 0 bridgehead atoms. The summed E-state index contributed by atoms with van der Waals surface area (Å²) < 4.78 is 53.9. The normalized spacial score (nSPS) is 20.1. The fourth-order valence-electron chi connectivity index (χ4n) is 3.94. The molecular formula is C23H23F4N3OS. The molecule has 1 unspecified atom stereocenters. The van der Waals surface area contributed by atoms with Gasteiger partial charge in [-0.2, -0.15) is 13.2 Å². The molecule has 2 aliphatic rings. The minimum Gasteiger partial charge on any atom is -0.279 e. The van der Waals surface area contributed by atoms with Crippen molar-refractivity contribution in [3.8, 4) is 11.1 Å². The van der Waals surface area contributed by atoms with Gasteiger partial charge in [0.15, 0.2) is 5.37 Å². The number of carbonyl (C=O) groups is 1. The maximum absolute atomic E-state index is 14.5. The molecule has 4 nitrogen and oxygen atoms in total. The highest BCUT2D eigenvalue weighted by molar-refractivity contribution is 8.01. The van der Waals surface area contributed by atoms with Crippen LogP contribution in [-0.2, 0) is 4.79 Å². The number of hydrazine groups is 1. The first kappa shape index (κ1) is 22.6. The number of nitrogens with one attached hydrogen (secondary N) is 1. The number of thioether (sulfide) groups is 1.